The van der Waals surface area contributed by atoms with Gasteiger partial charge in [-0.05, 0) is 49.7 Å². The van der Waals surface area contributed by atoms with Crippen LogP contribution in [0.1, 0.15) is 25.0 Å². The summed E-state index contributed by atoms with van der Waals surface area (Å²) in [5.41, 5.74) is 0.928. The van der Waals surface area contributed by atoms with E-state index < -0.39 is 27.4 Å². The van der Waals surface area contributed by atoms with E-state index in [9.17, 15) is 22.0 Å². The molecular weight excluding hydrogens is 476 g/mol. The quantitative estimate of drug-likeness (QED) is 0.629. The molecule has 2 atom stereocenters. The van der Waals surface area contributed by atoms with Crippen molar-refractivity contribution >= 4 is 27.5 Å². The molecule has 180 valence electrons. The summed E-state index contributed by atoms with van der Waals surface area (Å²) < 4.78 is 55.3. The SMILES string of the molecule is CC1CN(C(=O)COc2ccc(Cl)cc2CS(N)(=O)=O)C(C)CN1Cc1ccc(F)c(F)c1. The summed E-state index contributed by atoms with van der Waals surface area (Å²) in [6, 6.07) is 8.15. The number of nitrogens with zero attached hydrogens (tertiary/aromatic N) is 2. The number of benzene rings is 2. The van der Waals surface area contributed by atoms with Crippen molar-refractivity contribution in [2.75, 3.05) is 19.7 Å². The van der Waals surface area contributed by atoms with Crippen molar-refractivity contribution in [2.45, 2.75) is 38.2 Å². The lowest BCUT2D eigenvalue weighted by Crippen LogP contribution is -2.58. The Hall–Kier alpha value is -2.27. The summed E-state index contributed by atoms with van der Waals surface area (Å²) in [6.07, 6.45) is 0. The van der Waals surface area contributed by atoms with Crippen LogP contribution in [-0.4, -0.2) is 55.9 Å². The molecule has 11 heteroatoms. The number of carbonyl (C=O) groups excluding carboxylic acids is 1. The third kappa shape index (κ3) is 6.86. The van der Waals surface area contributed by atoms with Crippen molar-refractivity contribution in [3.8, 4) is 5.75 Å². The molecule has 3 rings (SSSR count). The van der Waals surface area contributed by atoms with Gasteiger partial charge in [-0.2, -0.15) is 0 Å². The van der Waals surface area contributed by atoms with Crippen LogP contribution in [0.5, 0.6) is 5.75 Å². The molecular formula is C22H26ClF2N3O4S. The molecule has 2 N–H and O–H groups in total. The first-order valence-electron chi connectivity index (χ1n) is 10.3. The van der Waals surface area contributed by atoms with Gasteiger partial charge < -0.3 is 9.64 Å². The average molecular weight is 502 g/mol. The molecule has 7 nitrogen and oxygen atoms in total. The molecule has 2 aromatic rings. The monoisotopic (exact) mass is 501 g/mol. The van der Waals surface area contributed by atoms with E-state index in [-0.39, 0.29) is 35.9 Å². The molecule has 0 aromatic heterocycles. The van der Waals surface area contributed by atoms with Gasteiger partial charge in [-0.3, -0.25) is 9.69 Å². The highest BCUT2D eigenvalue weighted by Crippen LogP contribution is 2.25. The molecule has 0 radical (unpaired) electrons. The Morgan fingerprint density at radius 1 is 1.12 bits per heavy atom. The molecule has 1 aliphatic heterocycles. The van der Waals surface area contributed by atoms with Gasteiger partial charge >= 0.3 is 0 Å². The van der Waals surface area contributed by atoms with E-state index in [1.807, 2.05) is 13.8 Å². The predicted molar refractivity (Wildman–Crippen MR) is 121 cm³/mol. The van der Waals surface area contributed by atoms with Crippen molar-refractivity contribution in [1.29, 1.82) is 0 Å². The number of hydrogen-bond acceptors (Lipinski definition) is 5. The first kappa shape index (κ1) is 25.4. The molecule has 0 aliphatic carbocycles. The molecule has 0 bridgehead atoms. The molecule has 0 spiro atoms. The molecule has 1 amide bonds. The van der Waals surface area contributed by atoms with Gasteiger partial charge in [-0.1, -0.05) is 17.7 Å². The van der Waals surface area contributed by atoms with Crippen molar-refractivity contribution < 1.29 is 26.7 Å². The Balaban J connectivity index is 1.62. The smallest absolute Gasteiger partial charge is 0.260 e. The van der Waals surface area contributed by atoms with Crippen LogP contribution in [0.2, 0.25) is 5.02 Å². The van der Waals surface area contributed by atoms with E-state index in [0.717, 1.165) is 6.07 Å². The number of rotatable bonds is 7. The number of primary sulfonamides is 1. The summed E-state index contributed by atoms with van der Waals surface area (Å²) in [7, 11) is -3.81. The zero-order valence-electron chi connectivity index (χ0n) is 18.3. The van der Waals surface area contributed by atoms with E-state index in [1.165, 1.54) is 24.3 Å². The maximum Gasteiger partial charge on any atom is 0.260 e. The van der Waals surface area contributed by atoms with Gasteiger partial charge in [0, 0.05) is 42.3 Å². The summed E-state index contributed by atoms with van der Waals surface area (Å²) in [5.74, 6) is -2.27. The standard InChI is InChI=1S/C22H26ClF2N3O4S/c1-14-10-28(15(2)9-27(14)11-16-3-5-19(24)20(25)7-16)22(29)12-32-21-6-4-18(23)8-17(21)13-33(26,30)31/h3-8,14-15H,9-13H2,1-2H3,(H2,26,30,31). The maximum absolute atomic E-state index is 13.5. The van der Waals surface area contributed by atoms with E-state index in [2.05, 4.69) is 4.90 Å². The van der Waals surface area contributed by atoms with Crippen LogP contribution in [0.4, 0.5) is 8.78 Å². The largest absolute Gasteiger partial charge is 0.483 e. The van der Waals surface area contributed by atoms with Crippen LogP contribution in [0.3, 0.4) is 0 Å². The topological polar surface area (TPSA) is 92.9 Å². The van der Waals surface area contributed by atoms with Crippen LogP contribution in [0.15, 0.2) is 36.4 Å². The zero-order valence-corrected chi connectivity index (χ0v) is 19.9. The number of piperazine rings is 1. The number of carbonyl (C=O) groups is 1. The van der Waals surface area contributed by atoms with Crippen LogP contribution in [0.25, 0.3) is 0 Å². The van der Waals surface area contributed by atoms with Gasteiger partial charge in [0.25, 0.3) is 5.91 Å². The minimum Gasteiger partial charge on any atom is -0.483 e. The molecule has 33 heavy (non-hydrogen) atoms. The lowest BCUT2D eigenvalue weighted by molar-refractivity contribution is -0.139. The lowest BCUT2D eigenvalue weighted by atomic mass is 10.1. The molecule has 1 heterocycles. The van der Waals surface area contributed by atoms with Gasteiger partial charge in [-0.15, -0.1) is 0 Å². The van der Waals surface area contributed by atoms with Gasteiger partial charge in [0.1, 0.15) is 5.75 Å². The highest BCUT2D eigenvalue weighted by molar-refractivity contribution is 7.88. The first-order valence-corrected chi connectivity index (χ1v) is 12.4. The third-order valence-corrected chi connectivity index (χ3v) is 6.48. The summed E-state index contributed by atoms with van der Waals surface area (Å²) >= 11 is 5.94. The summed E-state index contributed by atoms with van der Waals surface area (Å²) in [4.78, 5) is 16.7. The van der Waals surface area contributed by atoms with Gasteiger partial charge in [0.15, 0.2) is 18.2 Å². The van der Waals surface area contributed by atoms with Crippen LogP contribution in [-0.2, 0) is 27.1 Å². The number of halogens is 3. The number of hydrogen-bond donors (Lipinski definition) is 1. The minimum atomic E-state index is -3.81. The van der Waals surface area contributed by atoms with Crippen LogP contribution in [0, 0.1) is 11.6 Å². The van der Waals surface area contributed by atoms with Crippen molar-refractivity contribution in [3.63, 3.8) is 0 Å². The fraction of sp³-hybridized carbons (Fsp3) is 0.409. The molecule has 0 saturated carbocycles. The first-order chi connectivity index (χ1) is 15.4. The van der Waals surface area contributed by atoms with E-state index >= 15 is 0 Å². The summed E-state index contributed by atoms with van der Waals surface area (Å²) in [6.45, 7) is 4.98. The second-order valence-electron chi connectivity index (χ2n) is 8.27. The number of ether oxygens (including phenoxy) is 1. The van der Waals surface area contributed by atoms with Gasteiger partial charge in [0.05, 0.1) is 5.75 Å². The zero-order chi connectivity index (χ0) is 24.3. The molecule has 2 aromatic carbocycles. The molecule has 1 saturated heterocycles. The highest BCUT2D eigenvalue weighted by atomic mass is 35.5. The highest BCUT2D eigenvalue weighted by Gasteiger charge is 2.32. The number of amides is 1. The van der Waals surface area contributed by atoms with Gasteiger partial charge in [-0.25, -0.2) is 22.3 Å². The maximum atomic E-state index is 13.5. The van der Waals surface area contributed by atoms with E-state index in [1.54, 1.807) is 11.0 Å². The van der Waals surface area contributed by atoms with Crippen LogP contribution < -0.4 is 9.88 Å². The Morgan fingerprint density at radius 3 is 2.52 bits per heavy atom. The van der Waals surface area contributed by atoms with Crippen molar-refractivity contribution in [1.82, 2.24) is 9.80 Å². The number of sulfonamides is 1. The third-order valence-electron chi connectivity index (χ3n) is 5.54. The summed E-state index contributed by atoms with van der Waals surface area (Å²) in [5, 5.41) is 5.46. The molecule has 2 unspecified atom stereocenters. The van der Waals surface area contributed by atoms with E-state index in [4.69, 9.17) is 21.5 Å². The second kappa shape index (κ2) is 10.3. The Morgan fingerprint density at radius 2 is 1.85 bits per heavy atom. The Kier molecular flexibility index (Phi) is 7.94. The van der Waals surface area contributed by atoms with Crippen LogP contribution >= 0.6 is 11.6 Å². The lowest BCUT2D eigenvalue weighted by Gasteiger charge is -2.44. The Bertz CT molecular complexity index is 1130. The van der Waals surface area contributed by atoms with Crippen molar-refractivity contribution in [2.24, 2.45) is 5.14 Å². The minimum absolute atomic E-state index is 0.0215. The predicted octanol–water partition coefficient (Wildman–Crippen LogP) is 2.91. The fourth-order valence-corrected chi connectivity index (χ4v) is 4.73. The average Bonchev–Trinajstić information content (AvgIpc) is 2.71. The molecule has 1 aliphatic rings. The Labute approximate surface area is 197 Å². The normalized spacial score (nSPS) is 19.5. The number of nitrogens with two attached hydrogens (primary N) is 1. The van der Waals surface area contributed by atoms with Crippen molar-refractivity contribution in [3.05, 3.63) is 64.2 Å². The molecule has 1 fully saturated rings. The second-order valence-corrected chi connectivity index (χ2v) is 10.3. The van der Waals surface area contributed by atoms with Gasteiger partial charge in [0.2, 0.25) is 10.0 Å². The van der Waals surface area contributed by atoms with E-state index in [0.29, 0.717) is 30.2 Å². The fourth-order valence-electron chi connectivity index (χ4n) is 3.88.